The first-order valence-corrected chi connectivity index (χ1v) is 22.0. The third-order valence-electron chi connectivity index (χ3n) is 12.4. The number of para-hydroxylation sites is 4. The van der Waals surface area contributed by atoms with Gasteiger partial charge in [-0.05, 0) is 54.1 Å². The summed E-state index contributed by atoms with van der Waals surface area (Å²) in [5, 5.41) is 7.40. The summed E-state index contributed by atoms with van der Waals surface area (Å²) in [6.07, 6.45) is 0. The molecule has 0 unspecified atom stereocenters. The van der Waals surface area contributed by atoms with Crippen molar-refractivity contribution in [2.45, 2.75) is 0 Å². The van der Waals surface area contributed by atoms with Gasteiger partial charge in [0.2, 0.25) is 0 Å². The average molecular weight is 822 g/mol. The molecule has 0 bridgehead atoms. The fourth-order valence-electron chi connectivity index (χ4n) is 9.52. The Bertz CT molecular complexity index is 3830. The average Bonchev–Trinajstić information content (AvgIpc) is 4.02. The molecule has 13 aromatic rings. The van der Waals surface area contributed by atoms with Crippen LogP contribution in [-0.4, -0.2) is 24.1 Å². The number of rotatable bonds is 6. The molecular formula is C57H35N5S. The topological polar surface area (TPSA) is 48.5 Å². The Morgan fingerprint density at radius 2 is 0.825 bits per heavy atom. The van der Waals surface area contributed by atoms with Crippen LogP contribution in [0.4, 0.5) is 0 Å². The summed E-state index contributed by atoms with van der Waals surface area (Å²) in [5.41, 5.74) is 12.2. The van der Waals surface area contributed by atoms with Crippen molar-refractivity contribution in [1.82, 2.24) is 24.1 Å². The van der Waals surface area contributed by atoms with Crippen LogP contribution in [-0.2, 0) is 0 Å². The maximum absolute atomic E-state index is 5.10. The first-order valence-electron chi connectivity index (χ1n) is 21.2. The van der Waals surface area contributed by atoms with Gasteiger partial charge in [-0.3, -0.25) is 0 Å². The molecule has 0 atom stereocenters. The van der Waals surface area contributed by atoms with Crippen molar-refractivity contribution in [3.63, 3.8) is 0 Å². The fraction of sp³-hybridized carbons (Fsp3) is 0. The summed E-state index contributed by atoms with van der Waals surface area (Å²) in [6, 6.07) is 75.6. The fourth-order valence-corrected chi connectivity index (χ4v) is 10.7. The van der Waals surface area contributed by atoms with Crippen LogP contribution >= 0.6 is 11.3 Å². The lowest BCUT2D eigenvalue weighted by atomic mass is 9.99. The lowest BCUT2D eigenvalue weighted by molar-refractivity contribution is 1.07. The summed E-state index contributed by atoms with van der Waals surface area (Å²) >= 11 is 1.87. The monoisotopic (exact) mass is 821 g/mol. The summed E-state index contributed by atoms with van der Waals surface area (Å²) in [7, 11) is 0. The van der Waals surface area contributed by atoms with Gasteiger partial charge in [0.05, 0.1) is 26.8 Å². The van der Waals surface area contributed by atoms with E-state index in [0.29, 0.717) is 17.5 Å². The highest BCUT2D eigenvalue weighted by atomic mass is 32.1. The molecule has 9 aromatic carbocycles. The molecule has 13 rings (SSSR count). The predicted molar refractivity (Wildman–Crippen MR) is 263 cm³/mol. The Balaban J connectivity index is 1.03. The van der Waals surface area contributed by atoms with E-state index in [4.69, 9.17) is 15.0 Å². The van der Waals surface area contributed by atoms with E-state index in [1.54, 1.807) is 0 Å². The van der Waals surface area contributed by atoms with Crippen LogP contribution in [0.2, 0.25) is 0 Å². The number of nitrogens with zero attached hydrogens (tertiary/aromatic N) is 5. The Morgan fingerprint density at radius 1 is 0.317 bits per heavy atom. The molecule has 63 heavy (non-hydrogen) atoms. The van der Waals surface area contributed by atoms with Crippen LogP contribution in [0.3, 0.4) is 0 Å². The zero-order chi connectivity index (χ0) is 41.4. The summed E-state index contributed by atoms with van der Waals surface area (Å²) in [5.74, 6) is 1.93. The maximum atomic E-state index is 5.10. The van der Waals surface area contributed by atoms with E-state index in [1.165, 1.54) is 69.4 Å². The Labute approximate surface area is 366 Å². The van der Waals surface area contributed by atoms with Gasteiger partial charge in [-0.25, -0.2) is 15.0 Å². The Kier molecular flexibility index (Phi) is 8.01. The van der Waals surface area contributed by atoms with Gasteiger partial charge >= 0.3 is 0 Å². The first kappa shape index (κ1) is 35.6. The second kappa shape index (κ2) is 14.2. The minimum atomic E-state index is 0.635. The van der Waals surface area contributed by atoms with Gasteiger partial charge in [0.25, 0.3) is 0 Å². The molecule has 294 valence electrons. The second-order valence-corrected chi connectivity index (χ2v) is 17.0. The quantitative estimate of drug-likeness (QED) is 0.168. The Morgan fingerprint density at radius 3 is 1.51 bits per heavy atom. The highest BCUT2D eigenvalue weighted by Gasteiger charge is 2.22. The van der Waals surface area contributed by atoms with Crippen molar-refractivity contribution in [2.75, 3.05) is 0 Å². The second-order valence-electron chi connectivity index (χ2n) is 16.0. The van der Waals surface area contributed by atoms with Crippen molar-refractivity contribution < 1.29 is 0 Å². The zero-order valence-corrected chi connectivity index (χ0v) is 34.7. The normalized spacial score (nSPS) is 11.8. The molecule has 0 saturated carbocycles. The van der Waals surface area contributed by atoms with Crippen molar-refractivity contribution in [2.24, 2.45) is 0 Å². The standard InChI is InChI=1S/C57H35N5S/c1-5-16-36(17-6-1)55-58-56(37-18-7-2-8-19-37)60-57(59-55)39-28-30-44-46-31-32-47-48-34-38(29-33-51(48)63-54(47)53(46)62(50(44)35-39)41-22-11-4-12-23-41)42-25-15-26-45-43-24-13-14-27-49(43)61(52(42)45)40-20-9-3-10-21-40/h1-35H. The van der Waals surface area contributed by atoms with E-state index in [1.807, 2.05) is 47.7 Å². The van der Waals surface area contributed by atoms with Crippen molar-refractivity contribution >= 4 is 75.1 Å². The number of benzene rings is 9. The minimum Gasteiger partial charge on any atom is -0.309 e. The highest BCUT2D eigenvalue weighted by Crippen LogP contribution is 2.46. The van der Waals surface area contributed by atoms with Crippen LogP contribution < -0.4 is 0 Å². The smallest absolute Gasteiger partial charge is 0.164 e. The maximum Gasteiger partial charge on any atom is 0.164 e. The highest BCUT2D eigenvalue weighted by molar-refractivity contribution is 7.26. The van der Waals surface area contributed by atoms with Crippen LogP contribution in [0, 0.1) is 0 Å². The van der Waals surface area contributed by atoms with Gasteiger partial charge in [0.1, 0.15) is 0 Å². The van der Waals surface area contributed by atoms with E-state index in [-0.39, 0.29) is 0 Å². The third-order valence-corrected chi connectivity index (χ3v) is 13.6. The number of aromatic nitrogens is 5. The number of hydrogen-bond acceptors (Lipinski definition) is 4. The molecule has 0 amide bonds. The molecule has 0 aliphatic carbocycles. The van der Waals surface area contributed by atoms with E-state index in [0.717, 1.165) is 33.6 Å². The van der Waals surface area contributed by atoms with Gasteiger partial charge in [-0.2, -0.15) is 0 Å². The summed E-state index contributed by atoms with van der Waals surface area (Å²) in [6.45, 7) is 0. The van der Waals surface area contributed by atoms with Crippen LogP contribution in [0.1, 0.15) is 0 Å². The lowest BCUT2D eigenvalue weighted by Gasteiger charge is -2.12. The third kappa shape index (κ3) is 5.66. The molecule has 4 heterocycles. The van der Waals surface area contributed by atoms with Crippen molar-refractivity contribution in [3.8, 4) is 56.7 Å². The zero-order valence-electron chi connectivity index (χ0n) is 33.9. The van der Waals surface area contributed by atoms with Crippen LogP contribution in [0.15, 0.2) is 212 Å². The first-order chi connectivity index (χ1) is 31.2. The van der Waals surface area contributed by atoms with Gasteiger partial charge < -0.3 is 9.13 Å². The molecule has 0 saturated heterocycles. The minimum absolute atomic E-state index is 0.635. The number of thiophene rings is 1. The molecule has 0 spiro atoms. The number of hydrogen-bond donors (Lipinski definition) is 0. The summed E-state index contributed by atoms with van der Waals surface area (Å²) in [4.78, 5) is 15.2. The molecule has 0 fully saturated rings. The van der Waals surface area contributed by atoms with Gasteiger partial charge in [0, 0.05) is 70.6 Å². The molecule has 5 nitrogen and oxygen atoms in total. The SMILES string of the molecule is c1ccc(-c2nc(-c3ccccc3)nc(-c3ccc4c5ccc6c7cc(-c8cccc9c%10ccccc%10n(-c%10ccccc%10)c89)ccc7sc6c5n(-c5ccccc5)c4c3)n2)cc1. The van der Waals surface area contributed by atoms with Crippen LogP contribution in [0.25, 0.3) is 120 Å². The Hall–Kier alpha value is -8.19. The van der Waals surface area contributed by atoms with Crippen LogP contribution in [0.5, 0.6) is 0 Å². The summed E-state index contributed by atoms with van der Waals surface area (Å²) < 4.78 is 7.38. The van der Waals surface area contributed by atoms with E-state index in [2.05, 4.69) is 185 Å². The molecule has 0 radical (unpaired) electrons. The molecule has 0 aliphatic rings. The lowest BCUT2D eigenvalue weighted by Crippen LogP contribution is -2.00. The van der Waals surface area contributed by atoms with Gasteiger partial charge in [-0.1, -0.05) is 164 Å². The predicted octanol–water partition coefficient (Wildman–Crippen LogP) is 15.1. The molecule has 0 aliphatic heterocycles. The van der Waals surface area contributed by atoms with Gasteiger partial charge in [-0.15, -0.1) is 11.3 Å². The molecular weight excluding hydrogens is 787 g/mol. The van der Waals surface area contributed by atoms with E-state index in [9.17, 15) is 0 Å². The van der Waals surface area contributed by atoms with Gasteiger partial charge in [0.15, 0.2) is 17.5 Å². The number of fused-ring (bicyclic) bond motifs is 10. The molecule has 0 N–H and O–H groups in total. The largest absolute Gasteiger partial charge is 0.309 e. The van der Waals surface area contributed by atoms with Crippen molar-refractivity contribution in [3.05, 3.63) is 212 Å². The van der Waals surface area contributed by atoms with E-state index >= 15 is 0 Å². The molecule has 4 aromatic heterocycles. The van der Waals surface area contributed by atoms with Crippen molar-refractivity contribution in [1.29, 1.82) is 0 Å². The van der Waals surface area contributed by atoms with E-state index < -0.39 is 0 Å². The molecule has 6 heteroatoms.